The Morgan fingerprint density at radius 1 is 1.29 bits per heavy atom. The third-order valence-electron chi connectivity index (χ3n) is 4.21. The van der Waals surface area contributed by atoms with Gasteiger partial charge in [-0.25, -0.2) is 0 Å². The minimum absolute atomic E-state index is 0.0576. The first kappa shape index (κ1) is 14.7. The molecule has 0 fully saturated rings. The van der Waals surface area contributed by atoms with Crippen LogP contribution in [0.5, 0.6) is 5.75 Å². The zero-order valence-corrected chi connectivity index (χ0v) is 13.3. The molecule has 3 aromatic rings. The predicted octanol–water partition coefficient (Wildman–Crippen LogP) is 2.50. The second kappa shape index (κ2) is 5.96. The van der Waals surface area contributed by atoms with Crippen molar-refractivity contribution in [3.8, 4) is 5.75 Å². The van der Waals surface area contributed by atoms with Crippen LogP contribution in [0.25, 0.3) is 0 Å². The number of ether oxygens (including phenoxy) is 1. The quantitative estimate of drug-likeness (QED) is 0.740. The molecule has 0 bridgehead atoms. The third-order valence-corrected chi connectivity index (χ3v) is 4.21. The number of pyridine rings is 1. The number of aryl methyl sites for hydroxylation is 1. The molecule has 1 aromatic carbocycles. The van der Waals surface area contributed by atoms with Crippen molar-refractivity contribution in [3.63, 3.8) is 0 Å². The number of benzene rings is 1. The Bertz CT molecular complexity index is 929. The lowest BCUT2D eigenvalue weighted by Gasteiger charge is -2.23. The van der Waals surface area contributed by atoms with Crippen molar-refractivity contribution in [2.75, 3.05) is 6.61 Å². The van der Waals surface area contributed by atoms with Gasteiger partial charge in [-0.1, -0.05) is 23.4 Å². The van der Waals surface area contributed by atoms with Gasteiger partial charge in [0.15, 0.2) is 5.82 Å². The van der Waals surface area contributed by atoms with Gasteiger partial charge in [0.05, 0.1) is 12.5 Å². The molecule has 0 saturated carbocycles. The predicted molar refractivity (Wildman–Crippen MR) is 87.2 cm³/mol. The van der Waals surface area contributed by atoms with Gasteiger partial charge in [-0.05, 0) is 31.0 Å². The van der Waals surface area contributed by atoms with Crippen molar-refractivity contribution in [1.82, 2.24) is 14.7 Å². The second-order valence-corrected chi connectivity index (χ2v) is 5.94. The maximum atomic E-state index is 12.0. The molecule has 0 amide bonds. The van der Waals surface area contributed by atoms with Gasteiger partial charge in [-0.15, -0.1) is 0 Å². The van der Waals surface area contributed by atoms with Crippen molar-refractivity contribution in [1.29, 1.82) is 0 Å². The summed E-state index contributed by atoms with van der Waals surface area (Å²) in [6.45, 7) is 2.79. The summed E-state index contributed by atoms with van der Waals surface area (Å²) in [5.41, 5.74) is 1.93. The van der Waals surface area contributed by atoms with Gasteiger partial charge in [0, 0.05) is 17.8 Å². The highest BCUT2D eigenvalue weighted by atomic mass is 16.5. The van der Waals surface area contributed by atoms with Crippen LogP contribution in [0.15, 0.2) is 51.9 Å². The van der Waals surface area contributed by atoms with E-state index < -0.39 is 0 Å². The molecule has 4 rings (SSSR count). The van der Waals surface area contributed by atoms with Gasteiger partial charge in [0.1, 0.15) is 12.3 Å². The summed E-state index contributed by atoms with van der Waals surface area (Å²) in [6, 6.07) is 11.4. The highest BCUT2D eigenvalue weighted by Crippen LogP contribution is 2.36. The Morgan fingerprint density at radius 3 is 3.04 bits per heavy atom. The number of aromatic nitrogens is 3. The smallest absolute Gasteiger partial charge is 0.251 e. The van der Waals surface area contributed by atoms with Crippen molar-refractivity contribution < 1.29 is 9.26 Å². The first-order chi connectivity index (χ1) is 11.7. The lowest BCUT2D eigenvalue weighted by Crippen LogP contribution is -2.19. The lowest BCUT2D eigenvalue weighted by molar-refractivity contribution is 0.272. The first-order valence-electron chi connectivity index (χ1n) is 7.92. The van der Waals surface area contributed by atoms with Crippen LogP contribution in [0.3, 0.4) is 0 Å². The molecule has 122 valence electrons. The van der Waals surface area contributed by atoms with Gasteiger partial charge in [0.25, 0.3) is 5.56 Å². The lowest BCUT2D eigenvalue weighted by atomic mass is 9.92. The molecule has 24 heavy (non-hydrogen) atoms. The number of hydrogen-bond donors (Lipinski definition) is 0. The van der Waals surface area contributed by atoms with Crippen molar-refractivity contribution in [2.24, 2.45) is 0 Å². The van der Waals surface area contributed by atoms with Crippen LogP contribution < -0.4 is 10.3 Å². The molecule has 2 aromatic heterocycles. The van der Waals surface area contributed by atoms with Crippen LogP contribution in [0.4, 0.5) is 0 Å². The van der Waals surface area contributed by atoms with Crippen LogP contribution in [0.1, 0.15) is 35.2 Å². The molecule has 1 atom stereocenters. The molecule has 0 radical (unpaired) electrons. The summed E-state index contributed by atoms with van der Waals surface area (Å²) >= 11 is 0. The Kier molecular flexibility index (Phi) is 3.65. The van der Waals surface area contributed by atoms with E-state index in [4.69, 9.17) is 9.26 Å². The summed E-state index contributed by atoms with van der Waals surface area (Å²) in [5, 5.41) is 4.13. The van der Waals surface area contributed by atoms with Gasteiger partial charge in [0.2, 0.25) is 5.89 Å². The van der Waals surface area contributed by atoms with E-state index in [0.29, 0.717) is 18.3 Å². The van der Waals surface area contributed by atoms with Crippen LogP contribution in [0, 0.1) is 6.92 Å². The molecule has 0 N–H and O–H groups in total. The monoisotopic (exact) mass is 323 g/mol. The van der Waals surface area contributed by atoms with E-state index in [-0.39, 0.29) is 18.0 Å². The van der Waals surface area contributed by atoms with Gasteiger partial charge in [-0.2, -0.15) is 4.98 Å². The minimum atomic E-state index is -0.0776. The summed E-state index contributed by atoms with van der Waals surface area (Å²) < 4.78 is 12.6. The number of nitrogens with zero attached hydrogens (tertiary/aromatic N) is 3. The molecular formula is C18H17N3O3. The van der Waals surface area contributed by atoms with Crippen molar-refractivity contribution in [3.05, 3.63) is 75.8 Å². The highest BCUT2D eigenvalue weighted by Gasteiger charge is 2.26. The molecule has 1 aliphatic heterocycles. The van der Waals surface area contributed by atoms with E-state index in [2.05, 4.69) is 10.1 Å². The van der Waals surface area contributed by atoms with E-state index in [9.17, 15) is 4.79 Å². The normalized spacial score (nSPS) is 16.5. The number of hydrogen-bond acceptors (Lipinski definition) is 5. The summed E-state index contributed by atoms with van der Waals surface area (Å²) in [4.78, 5) is 16.5. The molecule has 3 heterocycles. The van der Waals surface area contributed by atoms with Crippen LogP contribution in [0.2, 0.25) is 0 Å². The molecule has 0 aliphatic carbocycles. The molecule has 1 unspecified atom stereocenters. The molecule has 6 nitrogen and oxygen atoms in total. The Morgan fingerprint density at radius 2 is 2.17 bits per heavy atom. The molecule has 1 aliphatic rings. The minimum Gasteiger partial charge on any atom is -0.493 e. The van der Waals surface area contributed by atoms with Crippen molar-refractivity contribution >= 4 is 0 Å². The summed E-state index contributed by atoms with van der Waals surface area (Å²) in [6.07, 6.45) is 2.55. The fourth-order valence-electron chi connectivity index (χ4n) is 2.97. The average molecular weight is 323 g/mol. The maximum absolute atomic E-state index is 12.0. The Balaban J connectivity index is 1.61. The van der Waals surface area contributed by atoms with E-state index in [1.807, 2.05) is 37.3 Å². The number of rotatable bonds is 3. The van der Waals surface area contributed by atoms with E-state index in [1.165, 1.54) is 0 Å². The average Bonchev–Trinajstić information content (AvgIpc) is 3.05. The van der Waals surface area contributed by atoms with Crippen LogP contribution >= 0.6 is 0 Å². The fourth-order valence-corrected chi connectivity index (χ4v) is 2.97. The van der Waals surface area contributed by atoms with E-state index in [1.54, 1.807) is 16.8 Å². The van der Waals surface area contributed by atoms with Gasteiger partial charge < -0.3 is 13.8 Å². The Labute approximate surface area is 138 Å². The Hall–Kier alpha value is -2.89. The topological polar surface area (TPSA) is 70.2 Å². The number of para-hydroxylation sites is 1. The fraction of sp³-hybridized carbons (Fsp3) is 0.278. The molecule has 0 spiro atoms. The zero-order chi connectivity index (χ0) is 16.5. The molecular weight excluding hydrogens is 306 g/mol. The summed E-state index contributed by atoms with van der Waals surface area (Å²) in [5.74, 6) is 2.00. The SMILES string of the molecule is Cc1ccn(Cc2nc(C3CCOc4ccccc43)no2)c(=O)c1. The largest absolute Gasteiger partial charge is 0.493 e. The second-order valence-electron chi connectivity index (χ2n) is 5.94. The van der Waals surface area contributed by atoms with Gasteiger partial charge >= 0.3 is 0 Å². The van der Waals surface area contributed by atoms with Crippen molar-refractivity contribution in [2.45, 2.75) is 25.8 Å². The van der Waals surface area contributed by atoms with Crippen LogP contribution in [-0.4, -0.2) is 21.3 Å². The standard InChI is InChI=1S/C18H17N3O3/c1-12-6-8-21(17(22)10-12)11-16-19-18(20-24-16)14-7-9-23-15-5-3-2-4-13(14)15/h2-6,8,10,14H,7,9,11H2,1H3. The summed E-state index contributed by atoms with van der Waals surface area (Å²) in [7, 11) is 0. The first-order valence-corrected chi connectivity index (χ1v) is 7.92. The number of fused-ring (bicyclic) bond motifs is 1. The highest BCUT2D eigenvalue weighted by molar-refractivity contribution is 5.40. The molecule has 6 heteroatoms. The van der Waals surface area contributed by atoms with Gasteiger partial charge in [-0.3, -0.25) is 4.79 Å². The third kappa shape index (κ3) is 2.71. The van der Waals surface area contributed by atoms with E-state index in [0.717, 1.165) is 23.3 Å². The maximum Gasteiger partial charge on any atom is 0.251 e. The zero-order valence-electron chi connectivity index (χ0n) is 13.3. The molecule has 0 saturated heterocycles. The van der Waals surface area contributed by atoms with Crippen LogP contribution in [-0.2, 0) is 6.54 Å². The van der Waals surface area contributed by atoms with E-state index >= 15 is 0 Å².